The number of halogens is 1. The van der Waals surface area contributed by atoms with Gasteiger partial charge >= 0.3 is 0 Å². The van der Waals surface area contributed by atoms with Gasteiger partial charge < -0.3 is 4.74 Å². The van der Waals surface area contributed by atoms with Crippen molar-refractivity contribution in [2.45, 2.75) is 19.8 Å². The van der Waals surface area contributed by atoms with Gasteiger partial charge in [0.15, 0.2) is 0 Å². The molecule has 0 aliphatic heterocycles. The van der Waals surface area contributed by atoms with Gasteiger partial charge in [0.2, 0.25) is 16.8 Å². The lowest BCUT2D eigenvalue weighted by atomic mass is 10.2. The van der Waals surface area contributed by atoms with E-state index in [2.05, 4.69) is 15.4 Å². The molecule has 1 N–H and O–H groups in total. The van der Waals surface area contributed by atoms with Crippen molar-refractivity contribution in [3.8, 4) is 17.0 Å². The van der Waals surface area contributed by atoms with E-state index in [1.54, 1.807) is 16.6 Å². The van der Waals surface area contributed by atoms with Crippen molar-refractivity contribution >= 4 is 28.2 Å². The Balaban J connectivity index is 1.32. The molecule has 2 aromatic heterocycles. The predicted octanol–water partition coefficient (Wildman–Crippen LogP) is 4.70. The number of carbonyl (C=O) groups excluding carboxylic acids is 1. The van der Waals surface area contributed by atoms with Crippen LogP contribution in [0.15, 0.2) is 53.9 Å². The van der Waals surface area contributed by atoms with Crippen molar-refractivity contribution in [2.24, 2.45) is 0 Å². The quantitative estimate of drug-likeness (QED) is 0.448. The van der Waals surface area contributed by atoms with Crippen LogP contribution in [0, 0.1) is 12.7 Å². The van der Waals surface area contributed by atoms with Crippen molar-refractivity contribution in [1.82, 2.24) is 14.6 Å². The molecule has 2 aromatic carbocycles. The van der Waals surface area contributed by atoms with Gasteiger partial charge in [-0.05, 0) is 49.7 Å². The number of thiazole rings is 1. The summed E-state index contributed by atoms with van der Waals surface area (Å²) in [6.45, 7) is 2.47. The lowest BCUT2D eigenvalue weighted by Gasteiger charge is -2.06. The van der Waals surface area contributed by atoms with E-state index in [0.717, 1.165) is 17.0 Å². The monoisotopic (exact) mass is 410 g/mol. The average molecular weight is 410 g/mol. The summed E-state index contributed by atoms with van der Waals surface area (Å²) < 4.78 is 20.4. The summed E-state index contributed by atoms with van der Waals surface area (Å²) in [5.74, 6) is 0.585. The van der Waals surface area contributed by atoms with E-state index in [0.29, 0.717) is 24.4 Å². The first-order valence-electron chi connectivity index (χ1n) is 9.18. The maximum atomic E-state index is 13.1. The number of fused-ring (bicyclic) bond motifs is 1. The number of carbonyl (C=O) groups is 1. The number of benzene rings is 2. The van der Waals surface area contributed by atoms with Crippen LogP contribution >= 0.6 is 11.3 Å². The number of aryl methyl sites for hydroxylation is 1. The molecule has 1 amide bonds. The minimum atomic E-state index is -0.293. The fourth-order valence-electron chi connectivity index (χ4n) is 2.80. The lowest BCUT2D eigenvalue weighted by molar-refractivity contribution is -0.116. The molecule has 0 saturated carbocycles. The molecule has 0 unspecified atom stereocenters. The van der Waals surface area contributed by atoms with E-state index in [-0.39, 0.29) is 17.7 Å². The van der Waals surface area contributed by atoms with E-state index in [4.69, 9.17) is 4.74 Å². The molecule has 0 spiro atoms. The van der Waals surface area contributed by atoms with Gasteiger partial charge in [0, 0.05) is 17.4 Å². The topological polar surface area (TPSA) is 68.5 Å². The summed E-state index contributed by atoms with van der Waals surface area (Å²) >= 11 is 1.41. The minimum Gasteiger partial charge on any atom is -0.494 e. The van der Waals surface area contributed by atoms with E-state index >= 15 is 0 Å². The molecule has 0 radical (unpaired) electrons. The van der Waals surface area contributed by atoms with Crippen molar-refractivity contribution < 1.29 is 13.9 Å². The fourth-order valence-corrected chi connectivity index (χ4v) is 3.63. The number of hydrogen-bond donors (Lipinski definition) is 1. The van der Waals surface area contributed by atoms with Gasteiger partial charge in [0.05, 0.1) is 12.3 Å². The standard InChI is InChI=1S/C21H19FN4O2S/c1-14-4-10-17(11-5-14)28-12-2-3-19(27)23-20-24-21-26(25-20)18(13-29-21)15-6-8-16(22)9-7-15/h4-11,13H,2-3,12H2,1H3,(H,23,25,27). The van der Waals surface area contributed by atoms with Crippen LogP contribution in [0.2, 0.25) is 0 Å². The second-order valence-corrected chi connectivity index (χ2v) is 7.41. The number of nitrogens with zero attached hydrogens (tertiary/aromatic N) is 3. The molecule has 0 aliphatic carbocycles. The van der Waals surface area contributed by atoms with Gasteiger partial charge in [-0.1, -0.05) is 17.7 Å². The van der Waals surface area contributed by atoms with Crippen LogP contribution in [0.25, 0.3) is 16.2 Å². The normalized spacial score (nSPS) is 11.0. The molecule has 4 aromatic rings. The summed E-state index contributed by atoms with van der Waals surface area (Å²) in [6.07, 6.45) is 0.895. The third-order valence-corrected chi connectivity index (χ3v) is 5.13. The highest BCUT2D eigenvalue weighted by Crippen LogP contribution is 2.26. The maximum Gasteiger partial charge on any atom is 0.250 e. The third kappa shape index (κ3) is 4.60. The van der Waals surface area contributed by atoms with Crippen LogP contribution in [0.4, 0.5) is 10.3 Å². The zero-order valence-electron chi connectivity index (χ0n) is 15.8. The number of amides is 1. The van der Waals surface area contributed by atoms with Gasteiger partial charge in [0.25, 0.3) is 0 Å². The molecule has 0 fully saturated rings. The number of anilines is 1. The highest BCUT2D eigenvalue weighted by atomic mass is 32.1. The molecule has 0 bridgehead atoms. The zero-order chi connectivity index (χ0) is 20.2. The summed E-state index contributed by atoms with van der Waals surface area (Å²) in [5, 5.41) is 8.97. The Morgan fingerprint density at radius 1 is 1.17 bits per heavy atom. The van der Waals surface area contributed by atoms with Crippen molar-refractivity contribution in [3.63, 3.8) is 0 Å². The van der Waals surface area contributed by atoms with Gasteiger partial charge in [0.1, 0.15) is 11.6 Å². The number of rotatable bonds is 7. The molecule has 29 heavy (non-hydrogen) atoms. The van der Waals surface area contributed by atoms with Crippen LogP contribution in [-0.2, 0) is 4.79 Å². The number of nitrogens with one attached hydrogen (secondary N) is 1. The van der Waals surface area contributed by atoms with Crippen LogP contribution in [0.5, 0.6) is 5.75 Å². The Morgan fingerprint density at radius 2 is 1.93 bits per heavy atom. The number of ether oxygens (including phenoxy) is 1. The molecule has 6 nitrogen and oxygen atoms in total. The zero-order valence-corrected chi connectivity index (χ0v) is 16.6. The van der Waals surface area contributed by atoms with Crippen molar-refractivity contribution in [1.29, 1.82) is 0 Å². The van der Waals surface area contributed by atoms with Gasteiger partial charge in [-0.2, -0.15) is 4.98 Å². The highest BCUT2D eigenvalue weighted by molar-refractivity contribution is 7.15. The van der Waals surface area contributed by atoms with Gasteiger partial charge in [-0.15, -0.1) is 16.4 Å². The Morgan fingerprint density at radius 3 is 2.69 bits per heavy atom. The van der Waals surface area contributed by atoms with Crippen LogP contribution < -0.4 is 10.1 Å². The third-order valence-electron chi connectivity index (χ3n) is 4.31. The summed E-state index contributed by atoms with van der Waals surface area (Å²) in [7, 11) is 0. The molecular formula is C21H19FN4O2S. The Bertz CT molecular complexity index is 1120. The van der Waals surface area contributed by atoms with Crippen molar-refractivity contribution in [2.75, 3.05) is 11.9 Å². The first-order valence-corrected chi connectivity index (χ1v) is 10.1. The molecule has 8 heteroatoms. The molecule has 0 atom stereocenters. The van der Waals surface area contributed by atoms with Gasteiger partial charge in [-0.25, -0.2) is 8.91 Å². The predicted molar refractivity (Wildman–Crippen MR) is 111 cm³/mol. The van der Waals surface area contributed by atoms with Gasteiger partial charge in [-0.3, -0.25) is 10.1 Å². The average Bonchev–Trinajstić information content (AvgIpc) is 3.27. The highest BCUT2D eigenvalue weighted by Gasteiger charge is 2.13. The molecule has 0 aliphatic rings. The van der Waals surface area contributed by atoms with Crippen molar-refractivity contribution in [3.05, 3.63) is 65.3 Å². The summed E-state index contributed by atoms with van der Waals surface area (Å²) in [4.78, 5) is 17.2. The van der Waals surface area contributed by atoms with E-state index in [1.165, 1.54) is 29.0 Å². The number of aromatic nitrogens is 3. The van der Waals surface area contributed by atoms with Crippen LogP contribution in [0.1, 0.15) is 18.4 Å². The molecule has 2 heterocycles. The summed E-state index contributed by atoms with van der Waals surface area (Å²) in [6, 6.07) is 14.0. The molecular weight excluding hydrogens is 391 g/mol. The maximum absolute atomic E-state index is 13.1. The Kier molecular flexibility index (Phi) is 5.53. The SMILES string of the molecule is Cc1ccc(OCCCC(=O)Nc2nc3scc(-c4ccc(F)cc4)n3n2)cc1. The molecule has 0 saturated heterocycles. The second kappa shape index (κ2) is 8.40. The largest absolute Gasteiger partial charge is 0.494 e. The first kappa shape index (κ1) is 19.1. The molecule has 4 rings (SSSR count). The van der Waals surface area contributed by atoms with E-state index in [1.807, 2.05) is 36.6 Å². The van der Waals surface area contributed by atoms with E-state index < -0.39 is 0 Å². The minimum absolute atomic E-state index is 0.168. The summed E-state index contributed by atoms with van der Waals surface area (Å²) in [5.41, 5.74) is 2.80. The first-order chi connectivity index (χ1) is 14.1. The Labute approximate surface area is 171 Å². The van der Waals surface area contributed by atoms with E-state index in [9.17, 15) is 9.18 Å². The van der Waals surface area contributed by atoms with Crippen LogP contribution in [-0.4, -0.2) is 27.1 Å². The second-order valence-electron chi connectivity index (χ2n) is 6.57. The van der Waals surface area contributed by atoms with Crippen LogP contribution in [0.3, 0.4) is 0 Å². The Hall–Kier alpha value is -3.26. The number of hydrogen-bond acceptors (Lipinski definition) is 5. The molecule has 148 valence electrons. The smallest absolute Gasteiger partial charge is 0.250 e. The fraction of sp³-hybridized carbons (Fsp3) is 0.190. The lowest BCUT2D eigenvalue weighted by Crippen LogP contribution is -2.14.